The van der Waals surface area contributed by atoms with Crippen molar-refractivity contribution in [2.24, 2.45) is 5.16 Å². The number of amides is 1. The highest BCUT2D eigenvalue weighted by molar-refractivity contribution is 7.80. The maximum Gasteiger partial charge on any atom is 0.417 e. The summed E-state index contributed by atoms with van der Waals surface area (Å²) >= 11 is 10.9. The molecule has 0 radical (unpaired) electrons. The Hall–Kier alpha value is -3.72. The highest BCUT2D eigenvalue weighted by atomic mass is 35.5. The number of nitro benzene ring substituents is 1. The maximum atomic E-state index is 12.7. The fourth-order valence-electron chi connectivity index (χ4n) is 2.62. The van der Waals surface area contributed by atoms with E-state index < -0.39 is 28.7 Å². The molecule has 1 unspecified atom stereocenters. The zero-order chi connectivity index (χ0) is 24.9. The number of rotatable bonds is 6. The van der Waals surface area contributed by atoms with Crippen LogP contribution in [0.4, 0.5) is 30.4 Å². The van der Waals surface area contributed by atoms with Crippen LogP contribution in [-0.2, 0) is 15.8 Å². The Balaban J connectivity index is 1.42. The second kappa shape index (κ2) is 10.5. The number of alkyl halides is 3. The minimum absolute atomic E-state index is 0.0166. The van der Waals surface area contributed by atoms with Crippen LogP contribution in [0, 0.1) is 10.1 Å². The Morgan fingerprint density at radius 2 is 2.00 bits per heavy atom. The van der Waals surface area contributed by atoms with Crippen molar-refractivity contribution in [3.63, 3.8) is 0 Å². The molecule has 0 spiro atoms. The van der Waals surface area contributed by atoms with Gasteiger partial charge in [0.15, 0.2) is 11.2 Å². The summed E-state index contributed by atoms with van der Waals surface area (Å²) in [6, 6.07) is 6.21. The van der Waals surface area contributed by atoms with Crippen LogP contribution >= 0.6 is 23.8 Å². The van der Waals surface area contributed by atoms with Gasteiger partial charge in [-0.3, -0.25) is 25.8 Å². The lowest BCUT2D eigenvalue weighted by atomic mass is 10.1. The number of nitro groups is 1. The first-order chi connectivity index (χ1) is 16.0. The van der Waals surface area contributed by atoms with Crippen LogP contribution in [-0.4, -0.2) is 39.3 Å². The number of nitrogens with zero attached hydrogens (tertiary/aromatic N) is 3. The Morgan fingerprint density at radius 3 is 2.62 bits per heavy atom. The van der Waals surface area contributed by atoms with Gasteiger partial charge in [0.2, 0.25) is 0 Å². The van der Waals surface area contributed by atoms with E-state index in [1.165, 1.54) is 24.3 Å². The number of carbonyl (C=O) groups is 1. The van der Waals surface area contributed by atoms with Crippen molar-refractivity contribution in [3.05, 3.63) is 57.2 Å². The minimum atomic E-state index is -4.56. The van der Waals surface area contributed by atoms with Gasteiger partial charge in [-0.2, -0.15) is 13.2 Å². The molecule has 180 valence electrons. The van der Waals surface area contributed by atoms with E-state index in [1.54, 1.807) is 0 Å². The molecule has 0 aliphatic carbocycles. The fraction of sp³-hybridized carbons (Fsp3) is 0.222. The van der Waals surface area contributed by atoms with Gasteiger partial charge in [0, 0.05) is 30.4 Å². The van der Waals surface area contributed by atoms with Crippen LogP contribution in [0.1, 0.15) is 12.0 Å². The number of carbonyl (C=O) groups excluding carboxylic acids is 1. The van der Waals surface area contributed by atoms with Crippen LogP contribution in [0.15, 0.2) is 41.7 Å². The lowest BCUT2D eigenvalue weighted by molar-refractivity contribution is -0.384. The molecule has 11 nitrogen and oxygen atoms in total. The average Bonchev–Trinajstić information content (AvgIpc) is 3.25. The van der Waals surface area contributed by atoms with Gasteiger partial charge >= 0.3 is 6.18 Å². The lowest BCUT2D eigenvalue weighted by Gasteiger charge is -2.13. The molecule has 0 fully saturated rings. The van der Waals surface area contributed by atoms with Gasteiger partial charge in [0.1, 0.15) is 11.5 Å². The number of hydrazine groups is 1. The zero-order valence-corrected chi connectivity index (χ0v) is 18.4. The first-order valence-electron chi connectivity index (χ1n) is 9.34. The molecule has 2 aromatic rings. The number of hydrogen-bond acceptors (Lipinski definition) is 8. The van der Waals surface area contributed by atoms with Crippen LogP contribution in [0.5, 0.6) is 0 Å². The van der Waals surface area contributed by atoms with E-state index in [0.29, 0.717) is 11.9 Å². The Bertz CT molecular complexity index is 1130. The van der Waals surface area contributed by atoms with E-state index in [-0.39, 0.29) is 40.3 Å². The molecule has 0 bridgehead atoms. The van der Waals surface area contributed by atoms with Crippen LogP contribution in [0.3, 0.4) is 0 Å². The topological polar surface area (TPSA) is 143 Å². The van der Waals surface area contributed by atoms with Crippen LogP contribution < -0.4 is 21.5 Å². The van der Waals surface area contributed by atoms with Crippen molar-refractivity contribution < 1.29 is 27.7 Å². The third kappa shape index (κ3) is 6.64. The predicted molar refractivity (Wildman–Crippen MR) is 120 cm³/mol. The quantitative estimate of drug-likeness (QED) is 0.258. The summed E-state index contributed by atoms with van der Waals surface area (Å²) in [6.07, 6.45) is -4.40. The van der Waals surface area contributed by atoms with E-state index >= 15 is 0 Å². The first-order valence-corrected chi connectivity index (χ1v) is 10.1. The van der Waals surface area contributed by atoms with Gasteiger partial charge < -0.3 is 15.5 Å². The van der Waals surface area contributed by atoms with Crippen molar-refractivity contribution in [3.8, 4) is 0 Å². The van der Waals surface area contributed by atoms with Crippen molar-refractivity contribution in [1.82, 2.24) is 15.8 Å². The lowest BCUT2D eigenvalue weighted by Crippen LogP contribution is -2.46. The van der Waals surface area contributed by atoms with Gasteiger partial charge in [-0.15, -0.1) is 0 Å². The minimum Gasteiger partial charge on any atom is -0.390 e. The molecule has 4 N–H and O–H groups in total. The number of thiocarbonyl (C=S) groups is 1. The van der Waals surface area contributed by atoms with E-state index in [0.717, 1.165) is 6.07 Å². The van der Waals surface area contributed by atoms with Gasteiger partial charge in [0.05, 0.1) is 22.1 Å². The normalized spacial score (nSPS) is 15.1. The Morgan fingerprint density at radius 1 is 1.29 bits per heavy atom. The molecule has 0 saturated carbocycles. The average molecular weight is 518 g/mol. The number of oxime groups is 1. The Kier molecular flexibility index (Phi) is 7.68. The van der Waals surface area contributed by atoms with Gasteiger partial charge in [-0.05, 0) is 30.4 Å². The standard InChI is InChI=1S/C18H15ClF3N7O4S/c19-13-5-9(18(20,21)22)7-23-15(13)24-8-12-6-14(28-33-12)16(30)26-27-17(34)25-10-1-3-11(4-2-10)29(31)32/h1-5,7,12H,6,8H2,(H,23,24)(H,26,30)(H2,25,27,34). The number of non-ortho nitro benzene ring substituents is 1. The first kappa shape index (κ1) is 24.9. The molecule has 2 heterocycles. The van der Waals surface area contributed by atoms with Crippen molar-refractivity contribution >= 4 is 57.7 Å². The van der Waals surface area contributed by atoms with Crippen LogP contribution in [0.2, 0.25) is 5.02 Å². The number of benzene rings is 1. The third-order valence-corrected chi connectivity index (χ3v) is 4.78. The summed E-state index contributed by atoms with van der Waals surface area (Å²) in [4.78, 5) is 31.1. The molecular formula is C18H15ClF3N7O4S. The summed E-state index contributed by atoms with van der Waals surface area (Å²) in [5.74, 6) is -0.596. The monoisotopic (exact) mass is 517 g/mol. The molecule has 1 aromatic heterocycles. The van der Waals surface area contributed by atoms with Gasteiger partial charge in [-0.25, -0.2) is 4.98 Å². The smallest absolute Gasteiger partial charge is 0.390 e. The summed E-state index contributed by atoms with van der Waals surface area (Å²) in [7, 11) is 0. The van der Waals surface area contributed by atoms with E-state index in [9.17, 15) is 28.1 Å². The van der Waals surface area contributed by atoms with Crippen molar-refractivity contribution in [2.75, 3.05) is 17.2 Å². The molecule has 0 saturated heterocycles. The summed E-state index contributed by atoms with van der Waals surface area (Å²) in [5, 5.41) is 19.6. The highest BCUT2D eigenvalue weighted by Gasteiger charge is 2.32. The summed E-state index contributed by atoms with van der Waals surface area (Å²) in [5.41, 5.74) is 4.23. The fourth-order valence-corrected chi connectivity index (χ4v) is 3.02. The van der Waals surface area contributed by atoms with Crippen molar-refractivity contribution in [1.29, 1.82) is 0 Å². The molecule has 1 atom stereocenters. The third-order valence-electron chi connectivity index (χ3n) is 4.29. The van der Waals surface area contributed by atoms with Gasteiger partial charge in [-0.1, -0.05) is 16.8 Å². The number of aromatic nitrogens is 1. The number of anilines is 2. The summed E-state index contributed by atoms with van der Waals surface area (Å²) < 4.78 is 38.0. The predicted octanol–water partition coefficient (Wildman–Crippen LogP) is 3.24. The number of hydrogen-bond donors (Lipinski definition) is 4. The number of halogens is 4. The van der Waals surface area contributed by atoms with E-state index in [4.69, 9.17) is 28.7 Å². The molecular weight excluding hydrogens is 503 g/mol. The zero-order valence-electron chi connectivity index (χ0n) is 16.9. The molecule has 1 amide bonds. The SMILES string of the molecule is O=C(NNC(=S)Nc1ccc([N+](=O)[O-])cc1)C1=NOC(CNc2ncc(C(F)(F)F)cc2Cl)C1. The largest absolute Gasteiger partial charge is 0.417 e. The van der Waals surface area contributed by atoms with Crippen LogP contribution in [0.25, 0.3) is 0 Å². The number of pyridine rings is 1. The Labute approximate surface area is 199 Å². The second-order valence-corrected chi connectivity index (χ2v) is 7.56. The molecule has 3 rings (SSSR count). The maximum absolute atomic E-state index is 12.7. The molecule has 1 aromatic carbocycles. The van der Waals surface area contributed by atoms with E-state index in [2.05, 4.69) is 31.6 Å². The molecule has 1 aliphatic heterocycles. The van der Waals surface area contributed by atoms with E-state index in [1.807, 2.05) is 0 Å². The summed E-state index contributed by atoms with van der Waals surface area (Å²) in [6.45, 7) is 0.0753. The van der Waals surface area contributed by atoms with Gasteiger partial charge in [0.25, 0.3) is 11.6 Å². The number of nitrogens with one attached hydrogen (secondary N) is 4. The highest BCUT2D eigenvalue weighted by Crippen LogP contribution is 2.32. The molecule has 34 heavy (non-hydrogen) atoms. The molecule has 16 heteroatoms. The second-order valence-electron chi connectivity index (χ2n) is 6.74. The van der Waals surface area contributed by atoms with Crippen molar-refractivity contribution in [2.45, 2.75) is 18.7 Å². The molecule has 1 aliphatic rings.